The highest BCUT2D eigenvalue weighted by molar-refractivity contribution is 9.10. The Morgan fingerprint density at radius 3 is 3.05 bits per heavy atom. The van der Waals surface area contributed by atoms with Crippen LogP contribution < -0.4 is 5.32 Å². The molecule has 0 saturated heterocycles. The molecular weight excluding hydrogens is 354 g/mol. The van der Waals surface area contributed by atoms with Gasteiger partial charge in [-0.1, -0.05) is 6.07 Å². The minimum absolute atomic E-state index is 0.916. The minimum atomic E-state index is 0.916. The van der Waals surface area contributed by atoms with Crippen LogP contribution in [0.2, 0.25) is 0 Å². The maximum Gasteiger partial charge on any atom is 0.150 e. The molecule has 0 fully saturated rings. The first kappa shape index (κ1) is 14.0. The lowest BCUT2D eigenvalue weighted by atomic mass is 10.4. The summed E-state index contributed by atoms with van der Waals surface area (Å²) < 4.78 is 3.36. The average Bonchev–Trinajstić information content (AvgIpc) is 3.16. The minimum Gasteiger partial charge on any atom is -0.329 e. The van der Waals surface area contributed by atoms with E-state index in [-0.39, 0.29) is 0 Å². The number of hydrogen-bond donors (Lipinski definition) is 1. The van der Waals surface area contributed by atoms with Crippen LogP contribution in [0.25, 0.3) is 10.7 Å². The molecule has 104 valence electrons. The Kier molecular flexibility index (Phi) is 4.67. The van der Waals surface area contributed by atoms with Crippen molar-refractivity contribution in [3.05, 3.63) is 50.7 Å². The molecule has 0 radical (unpaired) electrons. The lowest BCUT2D eigenvalue weighted by Gasteiger charge is -2.07. The largest absolute Gasteiger partial charge is 0.329 e. The van der Waals surface area contributed by atoms with Gasteiger partial charge in [-0.15, -0.1) is 22.7 Å². The second kappa shape index (κ2) is 6.67. The van der Waals surface area contributed by atoms with E-state index in [1.165, 1.54) is 9.75 Å². The van der Waals surface area contributed by atoms with Gasteiger partial charge >= 0.3 is 0 Å². The average molecular weight is 368 g/mol. The summed E-state index contributed by atoms with van der Waals surface area (Å²) in [6.07, 6.45) is 3.91. The van der Waals surface area contributed by atoms with Gasteiger partial charge < -0.3 is 9.88 Å². The predicted octanol–water partition coefficient (Wildman–Crippen LogP) is 4.23. The van der Waals surface area contributed by atoms with Crippen LogP contribution in [0.15, 0.2) is 45.8 Å². The van der Waals surface area contributed by atoms with Gasteiger partial charge in [-0.05, 0) is 33.4 Å². The lowest BCUT2D eigenvalue weighted by molar-refractivity contribution is 0.604. The third-order valence-electron chi connectivity index (χ3n) is 2.91. The van der Waals surface area contributed by atoms with Crippen molar-refractivity contribution in [2.75, 3.05) is 6.54 Å². The zero-order valence-electron chi connectivity index (χ0n) is 10.8. The molecule has 3 aromatic rings. The lowest BCUT2D eigenvalue weighted by Crippen LogP contribution is -2.19. The van der Waals surface area contributed by atoms with Crippen LogP contribution >= 0.6 is 38.6 Å². The maximum atomic E-state index is 4.44. The van der Waals surface area contributed by atoms with Gasteiger partial charge in [0.15, 0.2) is 0 Å². The molecule has 3 rings (SSSR count). The van der Waals surface area contributed by atoms with E-state index in [4.69, 9.17) is 0 Å². The molecule has 3 heterocycles. The second-order valence-corrected chi connectivity index (χ2v) is 7.19. The first-order chi connectivity index (χ1) is 9.83. The molecule has 1 N–H and O–H groups in total. The van der Waals surface area contributed by atoms with Crippen LogP contribution in [0.4, 0.5) is 0 Å². The number of aromatic nitrogens is 2. The molecule has 0 bridgehead atoms. The number of imidazole rings is 1. The van der Waals surface area contributed by atoms with Gasteiger partial charge in [0.2, 0.25) is 0 Å². The number of thiophene rings is 2. The van der Waals surface area contributed by atoms with Gasteiger partial charge in [0.25, 0.3) is 0 Å². The summed E-state index contributed by atoms with van der Waals surface area (Å²) in [5, 5.41) is 7.67. The van der Waals surface area contributed by atoms with Gasteiger partial charge in [-0.25, -0.2) is 4.98 Å². The molecule has 0 aliphatic heterocycles. The molecule has 0 aliphatic carbocycles. The Morgan fingerprint density at radius 2 is 2.30 bits per heavy atom. The van der Waals surface area contributed by atoms with E-state index in [1.54, 1.807) is 22.7 Å². The van der Waals surface area contributed by atoms with Crippen LogP contribution in [0, 0.1) is 0 Å². The van der Waals surface area contributed by atoms with Gasteiger partial charge in [0.05, 0.1) is 4.88 Å². The molecule has 0 aromatic carbocycles. The number of halogens is 1. The summed E-state index contributed by atoms with van der Waals surface area (Å²) in [6, 6.07) is 6.33. The summed E-state index contributed by atoms with van der Waals surface area (Å²) in [4.78, 5) is 7.01. The van der Waals surface area contributed by atoms with Crippen LogP contribution in [0.1, 0.15) is 4.88 Å². The fourth-order valence-electron chi connectivity index (χ4n) is 1.98. The third-order valence-corrected chi connectivity index (χ3v) is 5.47. The van der Waals surface area contributed by atoms with E-state index >= 15 is 0 Å². The summed E-state index contributed by atoms with van der Waals surface area (Å²) in [7, 11) is 0. The van der Waals surface area contributed by atoms with Crippen molar-refractivity contribution in [1.82, 2.24) is 14.9 Å². The molecule has 20 heavy (non-hydrogen) atoms. The van der Waals surface area contributed by atoms with Gasteiger partial charge in [-0.2, -0.15) is 0 Å². The number of nitrogens with zero attached hydrogens (tertiary/aromatic N) is 2. The van der Waals surface area contributed by atoms with E-state index in [0.29, 0.717) is 0 Å². The Hall–Kier alpha value is -0.950. The van der Waals surface area contributed by atoms with Crippen molar-refractivity contribution in [2.24, 2.45) is 0 Å². The maximum absolute atomic E-state index is 4.44. The zero-order valence-corrected chi connectivity index (χ0v) is 14.0. The Labute approximate surface area is 134 Å². The normalized spacial score (nSPS) is 11.1. The van der Waals surface area contributed by atoms with Gasteiger partial charge in [-0.3, -0.25) is 0 Å². The third kappa shape index (κ3) is 3.38. The second-order valence-electron chi connectivity index (χ2n) is 4.33. The smallest absolute Gasteiger partial charge is 0.150 e. The summed E-state index contributed by atoms with van der Waals surface area (Å²) in [5.41, 5.74) is 0. The molecule has 0 spiro atoms. The summed E-state index contributed by atoms with van der Waals surface area (Å²) in [6.45, 7) is 2.78. The van der Waals surface area contributed by atoms with Crippen molar-refractivity contribution < 1.29 is 0 Å². The highest BCUT2D eigenvalue weighted by Gasteiger charge is 2.06. The monoisotopic (exact) mass is 367 g/mol. The number of rotatable bonds is 6. The molecule has 0 unspecified atom stereocenters. The van der Waals surface area contributed by atoms with Gasteiger partial charge in [0.1, 0.15) is 5.82 Å². The predicted molar refractivity (Wildman–Crippen MR) is 89.3 cm³/mol. The van der Waals surface area contributed by atoms with Crippen molar-refractivity contribution in [3.8, 4) is 10.7 Å². The van der Waals surface area contributed by atoms with Crippen LogP contribution in [0.5, 0.6) is 0 Å². The number of hydrogen-bond acceptors (Lipinski definition) is 4. The highest BCUT2D eigenvalue weighted by atomic mass is 79.9. The first-order valence-electron chi connectivity index (χ1n) is 6.31. The molecule has 3 aromatic heterocycles. The Bertz CT molecular complexity index is 658. The standard InChI is InChI=1S/C14H14BrN3S2/c15-11-8-12(20-10-11)9-16-3-5-18-6-4-17-14(18)13-2-1-7-19-13/h1-2,4,6-8,10,16H,3,5,9H2. The fourth-order valence-corrected chi connectivity index (χ4v) is 4.14. The van der Waals surface area contributed by atoms with Gasteiger partial charge in [0, 0.05) is 46.8 Å². The zero-order chi connectivity index (χ0) is 13.8. The SMILES string of the molecule is Brc1csc(CNCCn2ccnc2-c2cccs2)c1. The molecule has 0 amide bonds. The fraction of sp³-hybridized carbons (Fsp3) is 0.214. The van der Waals surface area contributed by atoms with Crippen LogP contribution in [-0.4, -0.2) is 16.1 Å². The Morgan fingerprint density at radius 1 is 1.35 bits per heavy atom. The van der Waals surface area contributed by atoms with Crippen molar-refractivity contribution in [3.63, 3.8) is 0 Å². The molecule has 6 heteroatoms. The summed E-state index contributed by atoms with van der Waals surface area (Å²) >= 11 is 6.97. The van der Waals surface area contributed by atoms with E-state index in [0.717, 1.165) is 29.9 Å². The van der Waals surface area contributed by atoms with Crippen LogP contribution in [0.3, 0.4) is 0 Å². The van der Waals surface area contributed by atoms with Crippen molar-refractivity contribution in [1.29, 1.82) is 0 Å². The molecule has 0 aliphatic rings. The van der Waals surface area contributed by atoms with E-state index in [9.17, 15) is 0 Å². The van der Waals surface area contributed by atoms with Crippen molar-refractivity contribution in [2.45, 2.75) is 13.1 Å². The molecule has 0 atom stereocenters. The topological polar surface area (TPSA) is 29.9 Å². The van der Waals surface area contributed by atoms with E-state index in [1.807, 2.05) is 12.4 Å². The van der Waals surface area contributed by atoms with Crippen LogP contribution in [-0.2, 0) is 13.1 Å². The molecule has 0 saturated carbocycles. The number of nitrogens with one attached hydrogen (secondary N) is 1. The quantitative estimate of drug-likeness (QED) is 0.660. The Balaban J connectivity index is 1.53. The van der Waals surface area contributed by atoms with Crippen molar-refractivity contribution >= 4 is 38.6 Å². The first-order valence-corrected chi connectivity index (χ1v) is 8.87. The van der Waals surface area contributed by atoms with E-state index in [2.05, 4.69) is 59.8 Å². The molecular formula is C14H14BrN3S2. The van der Waals surface area contributed by atoms with E-state index < -0.39 is 0 Å². The highest BCUT2D eigenvalue weighted by Crippen LogP contribution is 2.22. The summed E-state index contributed by atoms with van der Waals surface area (Å²) in [5.74, 6) is 1.06. The molecule has 3 nitrogen and oxygen atoms in total.